The van der Waals surface area contributed by atoms with E-state index in [0.717, 1.165) is 11.1 Å². The van der Waals surface area contributed by atoms with E-state index in [0.29, 0.717) is 11.1 Å². The summed E-state index contributed by atoms with van der Waals surface area (Å²) in [6, 6.07) is 21.8. The van der Waals surface area contributed by atoms with E-state index in [-0.39, 0.29) is 11.5 Å². The molecule has 0 saturated heterocycles. The molecule has 0 fully saturated rings. The Labute approximate surface area is 117 Å². The summed E-state index contributed by atoms with van der Waals surface area (Å²) >= 11 is 0. The largest absolute Gasteiger partial charge is 0.507 e. The Morgan fingerprint density at radius 1 is 0.650 bits per heavy atom. The lowest BCUT2D eigenvalue weighted by molar-refractivity contribution is 0.354. The van der Waals surface area contributed by atoms with Gasteiger partial charge < -0.3 is 5.11 Å². The van der Waals surface area contributed by atoms with E-state index in [1.54, 1.807) is 0 Å². The van der Waals surface area contributed by atoms with Crippen LogP contribution in [-0.4, -0.2) is 5.11 Å². The summed E-state index contributed by atoms with van der Waals surface area (Å²) in [5.74, 6) is 0.0301. The monoisotopic (exact) mass is 261 g/mol. The van der Waals surface area contributed by atoms with Crippen molar-refractivity contribution >= 4 is 0 Å². The third-order valence-electron chi connectivity index (χ3n) is 3.25. The highest BCUT2D eigenvalue weighted by atomic mass is 16.3. The van der Waals surface area contributed by atoms with E-state index in [9.17, 15) is 10.2 Å². The Bertz CT molecular complexity index is 658. The SMILES string of the molecule is [O]c1cc(-c2ccccc2)c(O)c(-c2ccccc2)c1. The zero-order valence-corrected chi connectivity index (χ0v) is 10.8. The topological polar surface area (TPSA) is 40.1 Å². The van der Waals surface area contributed by atoms with Crippen LogP contribution in [0.15, 0.2) is 72.8 Å². The molecule has 0 aliphatic heterocycles. The second kappa shape index (κ2) is 5.10. The molecule has 0 unspecified atom stereocenters. The molecular weight excluding hydrogens is 248 g/mol. The molecule has 0 amide bonds. The number of phenolic OH excluding ortho intramolecular Hbond substituents is 1. The van der Waals surface area contributed by atoms with Gasteiger partial charge in [0.1, 0.15) is 5.75 Å². The summed E-state index contributed by atoms with van der Waals surface area (Å²) < 4.78 is 0. The highest BCUT2D eigenvalue weighted by Crippen LogP contribution is 2.41. The number of aromatic hydroxyl groups is 1. The van der Waals surface area contributed by atoms with Crippen LogP contribution in [0.2, 0.25) is 0 Å². The Balaban J connectivity index is 2.22. The minimum absolute atomic E-state index is 0.111. The van der Waals surface area contributed by atoms with Crippen LogP contribution in [0, 0.1) is 0 Å². The molecule has 0 spiro atoms. The summed E-state index contributed by atoms with van der Waals surface area (Å²) in [6.07, 6.45) is 0. The van der Waals surface area contributed by atoms with E-state index in [2.05, 4.69) is 0 Å². The molecule has 3 aromatic carbocycles. The van der Waals surface area contributed by atoms with Crippen molar-refractivity contribution in [1.82, 2.24) is 0 Å². The molecule has 0 atom stereocenters. The van der Waals surface area contributed by atoms with Gasteiger partial charge >= 0.3 is 0 Å². The fourth-order valence-corrected chi connectivity index (χ4v) is 2.28. The molecule has 1 radical (unpaired) electrons. The van der Waals surface area contributed by atoms with Crippen LogP contribution >= 0.6 is 0 Å². The highest BCUT2D eigenvalue weighted by molar-refractivity contribution is 5.83. The van der Waals surface area contributed by atoms with Crippen molar-refractivity contribution < 1.29 is 10.2 Å². The molecule has 2 heteroatoms. The first-order chi connectivity index (χ1) is 9.75. The van der Waals surface area contributed by atoms with Crippen molar-refractivity contribution in [3.05, 3.63) is 72.8 Å². The van der Waals surface area contributed by atoms with Crippen molar-refractivity contribution in [2.45, 2.75) is 0 Å². The van der Waals surface area contributed by atoms with E-state index in [1.807, 2.05) is 60.7 Å². The van der Waals surface area contributed by atoms with E-state index >= 15 is 0 Å². The van der Waals surface area contributed by atoms with Gasteiger partial charge in [0, 0.05) is 11.1 Å². The molecule has 0 aromatic heterocycles. The fourth-order valence-electron chi connectivity index (χ4n) is 2.28. The first-order valence-corrected chi connectivity index (χ1v) is 6.40. The normalized spacial score (nSPS) is 10.4. The minimum atomic E-state index is -0.111. The Morgan fingerprint density at radius 2 is 1.05 bits per heavy atom. The summed E-state index contributed by atoms with van der Waals surface area (Å²) in [6.45, 7) is 0. The summed E-state index contributed by atoms with van der Waals surface area (Å²) in [7, 11) is 0. The van der Waals surface area contributed by atoms with Gasteiger partial charge in [-0.2, -0.15) is 0 Å². The lowest BCUT2D eigenvalue weighted by Crippen LogP contribution is -1.84. The van der Waals surface area contributed by atoms with Gasteiger partial charge in [-0.3, -0.25) is 5.11 Å². The average Bonchev–Trinajstić information content (AvgIpc) is 2.51. The number of hydrogen-bond donors (Lipinski definition) is 1. The second-order valence-electron chi connectivity index (χ2n) is 4.60. The summed E-state index contributed by atoms with van der Waals surface area (Å²) in [5.41, 5.74) is 2.80. The van der Waals surface area contributed by atoms with Crippen molar-refractivity contribution in [2.75, 3.05) is 0 Å². The fraction of sp³-hybridized carbons (Fsp3) is 0. The van der Waals surface area contributed by atoms with Crippen LogP contribution in [0.1, 0.15) is 0 Å². The van der Waals surface area contributed by atoms with Crippen LogP contribution in [0.5, 0.6) is 11.5 Å². The molecule has 20 heavy (non-hydrogen) atoms. The molecule has 97 valence electrons. The van der Waals surface area contributed by atoms with E-state index in [1.165, 1.54) is 12.1 Å². The molecular formula is C18H13O2. The molecule has 0 aliphatic carbocycles. The third-order valence-corrected chi connectivity index (χ3v) is 3.25. The summed E-state index contributed by atoms with van der Waals surface area (Å²) in [4.78, 5) is 0. The Hall–Kier alpha value is -2.74. The standard InChI is InChI=1S/C18H13O2/c19-15-11-16(13-7-3-1-4-8-13)18(20)17(12-15)14-9-5-2-6-10-14/h1-12,20H. The lowest BCUT2D eigenvalue weighted by atomic mass is 9.97. The van der Waals surface area contributed by atoms with Crippen molar-refractivity contribution in [3.63, 3.8) is 0 Å². The average molecular weight is 261 g/mol. The molecule has 0 aliphatic rings. The maximum Gasteiger partial charge on any atom is 0.180 e. The van der Waals surface area contributed by atoms with E-state index in [4.69, 9.17) is 0 Å². The number of hydrogen-bond acceptors (Lipinski definition) is 1. The molecule has 0 heterocycles. The Morgan fingerprint density at radius 3 is 1.45 bits per heavy atom. The molecule has 1 N–H and O–H groups in total. The van der Waals surface area contributed by atoms with E-state index < -0.39 is 0 Å². The molecule has 3 aromatic rings. The van der Waals surface area contributed by atoms with Gasteiger partial charge in [0.15, 0.2) is 5.75 Å². The minimum Gasteiger partial charge on any atom is -0.507 e. The quantitative estimate of drug-likeness (QED) is 0.702. The molecule has 0 bridgehead atoms. The smallest absolute Gasteiger partial charge is 0.180 e. The second-order valence-corrected chi connectivity index (χ2v) is 4.60. The maximum absolute atomic E-state index is 11.9. The van der Waals surface area contributed by atoms with Gasteiger partial charge in [0.05, 0.1) is 0 Å². The maximum atomic E-state index is 11.9. The van der Waals surface area contributed by atoms with Gasteiger partial charge in [0.25, 0.3) is 0 Å². The molecule has 3 rings (SSSR count). The van der Waals surface area contributed by atoms with Crippen LogP contribution in [-0.2, 0) is 5.11 Å². The van der Waals surface area contributed by atoms with Gasteiger partial charge in [-0.05, 0) is 23.3 Å². The van der Waals surface area contributed by atoms with Gasteiger partial charge in [0.2, 0.25) is 0 Å². The predicted octanol–water partition coefficient (Wildman–Crippen LogP) is 4.87. The molecule has 2 nitrogen and oxygen atoms in total. The van der Waals surface area contributed by atoms with Crippen LogP contribution in [0.3, 0.4) is 0 Å². The zero-order valence-electron chi connectivity index (χ0n) is 10.8. The van der Waals surface area contributed by atoms with Crippen molar-refractivity contribution in [1.29, 1.82) is 0 Å². The Kier molecular flexibility index (Phi) is 3.13. The highest BCUT2D eigenvalue weighted by Gasteiger charge is 2.13. The van der Waals surface area contributed by atoms with Gasteiger partial charge in [-0.15, -0.1) is 0 Å². The van der Waals surface area contributed by atoms with Crippen LogP contribution < -0.4 is 0 Å². The lowest BCUT2D eigenvalue weighted by Gasteiger charge is -2.10. The van der Waals surface area contributed by atoms with Crippen LogP contribution in [0.25, 0.3) is 22.3 Å². The van der Waals surface area contributed by atoms with Crippen molar-refractivity contribution in [2.24, 2.45) is 0 Å². The first-order valence-electron chi connectivity index (χ1n) is 6.40. The first kappa shape index (κ1) is 12.3. The predicted molar refractivity (Wildman–Crippen MR) is 79.1 cm³/mol. The zero-order chi connectivity index (χ0) is 13.9. The van der Waals surface area contributed by atoms with Crippen LogP contribution in [0.4, 0.5) is 0 Å². The van der Waals surface area contributed by atoms with Gasteiger partial charge in [-0.1, -0.05) is 60.7 Å². The molecule has 0 saturated carbocycles. The number of rotatable bonds is 2. The summed E-state index contributed by atoms with van der Waals surface area (Å²) in [5, 5.41) is 22.4. The van der Waals surface area contributed by atoms with Crippen molar-refractivity contribution in [3.8, 4) is 33.8 Å². The number of benzene rings is 3. The number of phenols is 1. The van der Waals surface area contributed by atoms with Gasteiger partial charge in [-0.25, -0.2) is 0 Å². The third kappa shape index (κ3) is 2.24.